The molecule has 86 valence electrons. The third kappa shape index (κ3) is 2.29. The Morgan fingerprint density at radius 2 is 2.38 bits per heavy atom. The summed E-state index contributed by atoms with van der Waals surface area (Å²) in [5, 5.41) is 6.95. The number of carbonyl (C=O) groups is 1. The average Bonchev–Trinajstić information content (AvgIpc) is 2.64. The maximum Gasteiger partial charge on any atom is 0.267 e. The molecule has 0 saturated heterocycles. The van der Waals surface area contributed by atoms with Gasteiger partial charge >= 0.3 is 0 Å². The van der Waals surface area contributed by atoms with Crippen molar-refractivity contribution in [3.63, 3.8) is 0 Å². The van der Waals surface area contributed by atoms with E-state index in [-0.39, 0.29) is 11.5 Å². The number of rotatable bonds is 3. The van der Waals surface area contributed by atoms with Crippen LogP contribution in [0.3, 0.4) is 0 Å². The summed E-state index contributed by atoms with van der Waals surface area (Å²) in [6, 6.07) is 1.67. The first-order valence-electron chi connectivity index (χ1n) is 5.51. The minimum atomic E-state index is -0.0887. The molecule has 1 aromatic rings. The van der Waals surface area contributed by atoms with Crippen LogP contribution in [0.1, 0.15) is 24.6 Å². The molecule has 0 aliphatic heterocycles. The average molecular weight is 221 g/mol. The van der Waals surface area contributed by atoms with Crippen molar-refractivity contribution in [2.75, 3.05) is 6.54 Å². The highest BCUT2D eigenvalue weighted by Gasteiger charge is 2.14. The first kappa shape index (κ1) is 10.9. The van der Waals surface area contributed by atoms with Crippen LogP contribution in [0.25, 0.3) is 0 Å². The smallest absolute Gasteiger partial charge is 0.267 e. The topological polar surface area (TPSA) is 64.0 Å². The molecule has 0 saturated carbocycles. The van der Waals surface area contributed by atoms with Crippen LogP contribution in [0.4, 0.5) is 0 Å². The van der Waals surface area contributed by atoms with Crippen molar-refractivity contribution in [2.24, 2.45) is 0 Å². The zero-order chi connectivity index (χ0) is 11.5. The summed E-state index contributed by atoms with van der Waals surface area (Å²) in [6.45, 7) is 2.34. The van der Waals surface area contributed by atoms with Crippen molar-refractivity contribution in [3.05, 3.63) is 27.7 Å². The molecule has 0 unspecified atom stereocenters. The first-order chi connectivity index (χ1) is 7.66. The van der Waals surface area contributed by atoms with E-state index in [1.165, 1.54) is 11.6 Å². The van der Waals surface area contributed by atoms with Crippen LogP contribution in [0, 0.1) is 0 Å². The second-order valence-corrected chi connectivity index (χ2v) is 4.01. The van der Waals surface area contributed by atoms with Gasteiger partial charge in [-0.2, -0.15) is 5.10 Å². The number of aryl methyl sites for hydroxylation is 2. The van der Waals surface area contributed by atoms with Crippen LogP contribution in [-0.4, -0.2) is 22.2 Å². The van der Waals surface area contributed by atoms with E-state index in [1.54, 1.807) is 6.07 Å². The number of amides is 1. The monoisotopic (exact) mass is 221 g/mol. The molecule has 0 atom stereocenters. The van der Waals surface area contributed by atoms with Gasteiger partial charge in [0, 0.05) is 19.5 Å². The lowest BCUT2D eigenvalue weighted by Crippen LogP contribution is -2.31. The summed E-state index contributed by atoms with van der Waals surface area (Å²) in [4.78, 5) is 22.3. The Morgan fingerprint density at radius 3 is 3.12 bits per heavy atom. The molecule has 0 radical (unpaired) electrons. The van der Waals surface area contributed by atoms with Gasteiger partial charge in [-0.25, -0.2) is 4.68 Å². The van der Waals surface area contributed by atoms with Gasteiger partial charge in [0.25, 0.3) is 5.56 Å². The second kappa shape index (κ2) is 4.47. The molecule has 16 heavy (non-hydrogen) atoms. The lowest BCUT2D eigenvalue weighted by Gasteiger charge is -2.06. The number of fused-ring (bicyclic) bond motifs is 1. The van der Waals surface area contributed by atoms with Crippen LogP contribution in [0.15, 0.2) is 10.9 Å². The molecule has 1 amide bonds. The van der Waals surface area contributed by atoms with E-state index in [9.17, 15) is 9.59 Å². The van der Waals surface area contributed by atoms with Gasteiger partial charge in [0.1, 0.15) is 0 Å². The SMILES string of the molecule is CC(=O)NCCn1nc2c(cc1=O)CCC2. The van der Waals surface area contributed by atoms with Gasteiger partial charge in [-0.15, -0.1) is 0 Å². The fourth-order valence-electron chi connectivity index (χ4n) is 1.94. The van der Waals surface area contributed by atoms with Gasteiger partial charge in [-0.3, -0.25) is 9.59 Å². The summed E-state index contributed by atoms with van der Waals surface area (Å²) in [7, 11) is 0. The van der Waals surface area contributed by atoms with E-state index >= 15 is 0 Å². The molecule has 1 aliphatic carbocycles. The van der Waals surface area contributed by atoms with Crippen molar-refractivity contribution in [1.82, 2.24) is 15.1 Å². The lowest BCUT2D eigenvalue weighted by molar-refractivity contribution is -0.118. The van der Waals surface area contributed by atoms with Gasteiger partial charge in [0.05, 0.1) is 12.2 Å². The summed E-state index contributed by atoms with van der Waals surface area (Å²) in [6.07, 6.45) is 3.00. The minimum absolute atomic E-state index is 0.0778. The zero-order valence-corrected chi connectivity index (χ0v) is 9.32. The van der Waals surface area contributed by atoms with Crippen molar-refractivity contribution < 1.29 is 4.79 Å². The van der Waals surface area contributed by atoms with Crippen LogP contribution in [0.5, 0.6) is 0 Å². The van der Waals surface area contributed by atoms with Crippen LogP contribution in [-0.2, 0) is 24.2 Å². The van der Waals surface area contributed by atoms with Crippen LogP contribution >= 0.6 is 0 Å². The first-order valence-corrected chi connectivity index (χ1v) is 5.51. The quantitative estimate of drug-likeness (QED) is 0.773. The highest BCUT2D eigenvalue weighted by molar-refractivity contribution is 5.72. The second-order valence-electron chi connectivity index (χ2n) is 4.01. The Hall–Kier alpha value is -1.65. The van der Waals surface area contributed by atoms with Crippen molar-refractivity contribution in [1.29, 1.82) is 0 Å². The molecule has 1 N–H and O–H groups in total. The molecule has 5 heteroatoms. The van der Waals surface area contributed by atoms with E-state index in [0.717, 1.165) is 30.5 Å². The lowest BCUT2D eigenvalue weighted by atomic mass is 10.2. The van der Waals surface area contributed by atoms with Crippen LogP contribution in [0.2, 0.25) is 0 Å². The molecule has 0 bridgehead atoms. The van der Waals surface area contributed by atoms with E-state index in [4.69, 9.17) is 0 Å². The Labute approximate surface area is 93.5 Å². The van der Waals surface area contributed by atoms with Gasteiger partial charge in [0.15, 0.2) is 0 Å². The van der Waals surface area contributed by atoms with Gasteiger partial charge in [0.2, 0.25) is 5.91 Å². The Balaban J connectivity index is 2.10. The molecular formula is C11H15N3O2. The molecule has 1 heterocycles. The Kier molecular flexibility index (Phi) is 3.03. The molecule has 0 spiro atoms. The number of carbonyl (C=O) groups excluding carboxylic acids is 1. The summed E-state index contributed by atoms with van der Waals surface area (Å²) in [5.74, 6) is -0.0887. The number of nitrogens with zero attached hydrogens (tertiary/aromatic N) is 2. The molecule has 0 fully saturated rings. The summed E-state index contributed by atoms with van der Waals surface area (Å²) < 4.78 is 1.43. The number of nitrogens with one attached hydrogen (secondary N) is 1. The fraction of sp³-hybridized carbons (Fsp3) is 0.545. The largest absolute Gasteiger partial charge is 0.354 e. The number of aromatic nitrogens is 2. The highest BCUT2D eigenvalue weighted by Crippen LogP contribution is 2.16. The number of hydrogen-bond acceptors (Lipinski definition) is 3. The molecule has 0 aromatic carbocycles. The van der Waals surface area contributed by atoms with E-state index in [2.05, 4.69) is 10.4 Å². The Bertz CT molecular complexity index is 465. The highest BCUT2D eigenvalue weighted by atomic mass is 16.1. The normalized spacial score (nSPS) is 13.6. The molecular weight excluding hydrogens is 206 g/mol. The maximum atomic E-state index is 11.6. The molecule has 1 aliphatic rings. The molecule has 5 nitrogen and oxygen atoms in total. The predicted octanol–water partition coefficient (Wildman–Crippen LogP) is -0.132. The summed E-state index contributed by atoms with van der Waals surface area (Å²) in [5.41, 5.74) is 2.04. The molecule has 2 rings (SSSR count). The number of hydrogen-bond donors (Lipinski definition) is 1. The Morgan fingerprint density at radius 1 is 1.56 bits per heavy atom. The van der Waals surface area contributed by atoms with Gasteiger partial charge in [-0.1, -0.05) is 0 Å². The fourth-order valence-corrected chi connectivity index (χ4v) is 1.94. The zero-order valence-electron chi connectivity index (χ0n) is 9.32. The van der Waals surface area contributed by atoms with E-state index in [0.29, 0.717) is 13.1 Å². The van der Waals surface area contributed by atoms with Crippen molar-refractivity contribution in [2.45, 2.75) is 32.7 Å². The third-order valence-corrected chi connectivity index (χ3v) is 2.72. The third-order valence-electron chi connectivity index (χ3n) is 2.72. The van der Waals surface area contributed by atoms with E-state index in [1.807, 2.05) is 0 Å². The minimum Gasteiger partial charge on any atom is -0.354 e. The van der Waals surface area contributed by atoms with Gasteiger partial charge < -0.3 is 5.32 Å². The van der Waals surface area contributed by atoms with Crippen molar-refractivity contribution >= 4 is 5.91 Å². The molecule has 1 aromatic heterocycles. The summed E-state index contributed by atoms with van der Waals surface area (Å²) >= 11 is 0. The predicted molar refractivity (Wildman–Crippen MR) is 59.2 cm³/mol. The van der Waals surface area contributed by atoms with Gasteiger partial charge in [-0.05, 0) is 24.8 Å². The standard InChI is InChI=1S/C11H15N3O2/c1-8(15)12-5-6-14-11(16)7-9-3-2-4-10(9)13-14/h7H,2-6H2,1H3,(H,12,15). The van der Waals surface area contributed by atoms with E-state index < -0.39 is 0 Å². The maximum absolute atomic E-state index is 11.6. The van der Waals surface area contributed by atoms with Crippen LogP contribution < -0.4 is 10.9 Å². The van der Waals surface area contributed by atoms with Crippen molar-refractivity contribution in [3.8, 4) is 0 Å².